The van der Waals surface area contributed by atoms with Gasteiger partial charge in [0.15, 0.2) is 0 Å². The molecule has 2 rings (SSSR count). The van der Waals surface area contributed by atoms with E-state index in [1.165, 1.54) is 41.2 Å². The third-order valence-electron chi connectivity index (χ3n) is 5.58. The fourth-order valence-electron chi connectivity index (χ4n) is 3.21. The van der Waals surface area contributed by atoms with Crippen molar-refractivity contribution in [1.82, 2.24) is 0 Å². The predicted molar refractivity (Wildman–Crippen MR) is 144 cm³/mol. The minimum absolute atomic E-state index is 0. The van der Waals surface area contributed by atoms with E-state index in [-0.39, 0.29) is 52.8 Å². The standard InChI is InChI=1S/C15H27Si2.C9H13.3CH3.Ti/c1-7-8-9-16(3)14-10-13(2)11-15(12-14)17(4,5)6;1-6-5-7(2)9(4)8(6)3;;;;/h10-12H,7-9H2,1-6H3;6H,1-4H3;3*1H3;/q;4*-1;+4. The molecule has 0 N–H and O–H groups in total. The number of hydrogen-bond acceptors (Lipinski definition) is 0. The fraction of sp³-hybridized carbons (Fsp3) is 0.519. The fourth-order valence-corrected chi connectivity index (χ4v) is 6.65. The number of benzene rings is 1. The molecule has 1 aliphatic rings. The first-order valence-electron chi connectivity index (χ1n) is 10.2. The average Bonchev–Trinajstić information content (AvgIpc) is 2.78. The van der Waals surface area contributed by atoms with Gasteiger partial charge in [0.2, 0.25) is 0 Å². The van der Waals surface area contributed by atoms with Crippen molar-refractivity contribution in [2.24, 2.45) is 5.92 Å². The minimum Gasteiger partial charge on any atom is -0.358 e. The van der Waals surface area contributed by atoms with Crippen LogP contribution in [-0.4, -0.2) is 16.9 Å². The molecule has 3 heteroatoms. The largest absolute Gasteiger partial charge is 4.00 e. The molecule has 0 fully saturated rings. The van der Waals surface area contributed by atoms with Gasteiger partial charge in [-0.15, -0.1) is 6.92 Å². The van der Waals surface area contributed by atoms with Gasteiger partial charge in [0.25, 0.3) is 0 Å². The zero-order chi connectivity index (χ0) is 20.1. The molecule has 0 bridgehead atoms. The van der Waals surface area contributed by atoms with Crippen LogP contribution in [0.1, 0.15) is 53.0 Å². The summed E-state index contributed by atoms with van der Waals surface area (Å²) in [6, 6.07) is 8.78. The number of unbranched alkanes of at least 4 members (excludes halogenated alkanes) is 1. The molecule has 0 aromatic heterocycles. The summed E-state index contributed by atoms with van der Waals surface area (Å²) < 4.78 is 0. The van der Waals surface area contributed by atoms with Crippen LogP contribution in [0.15, 0.2) is 34.9 Å². The SMILES string of the molecule is CC1=[C-]C(C)C(C)=C1C.CCCC[Si](C)c1cc(C)cc([Si](C)(C)C)c1.[CH3-].[CH3-].[CH3-].[Ti+4]. The molecule has 1 aromatic carbocycles. The maximum atomic E-state index is 3.36. The maximum absolute atomic E-state index is 3.36. The molecule has 1 aromatic rings. The summed E-state index contributed by atoms with van der Waals surface area (Å²) in [6.45, 7) is 23.0. The van der Waals surface area contributed by atoms with Crippen LogP contribution in [0.3, 0.4) is 0 Å². The molecule has 0 amide bonds. The normalized spacial score (nSPS) is 15.0. The first kappa shape index (κ1) is 37.2. The Kier molecular flexibility index (Phi) is 20.4. The summed E-state index contributed by atoms with van der Waals surface area (Å²) in [5.41, 5.74) is 5.70. The zero-order valence-corrected chi connectivity index (χ0v) is 26.0. The second kappa shape index (κ2) is 16.5. The molecule has 0 spiro atoms. The second-order valence-electron chi connectivity index (χ2n) is 9.02. The molecule has 1 aliphatic carbocycles. The van der Waals surface area contributed by atoms with Gasteiger partial charge >= 0.3 is 21.7 Å². The Balaban J connectivity index is -0.000000226. The van der Waals surface area contributed by atoms with E-state index in [2.05, 4.69) is 92.0 Å². The van der Waals surface area contributed by atoms with Crippen molar-refractivity contribution in [3.8, 4) is 0 Å². The first-order chi connectivity index (χ1) is 12.0. The van der Waals surface area contributed by atoms with Crippen LogP contribution in [0.2, 0.25) is 32.2 Å². The van der Waals surface area contributed by atoms with Crippen LogP contribution >= 0.6 is 0 Å². The van der Waals surface area contributed by atoms with E-state index in [1.54, 1.807) is 10.4 Å². The van der Waals surface area contributed by atoms with Crippen molar-refractivity contribution < 1.29 is 21.7 Å². The average molecular weight is 478 g/mol. The molecule has 30 heavy (non-hydrogen) atoms. The van der Waals surface area contributed by atoms with Gasteiger partial charge in [0.1, 0.15) is 0 Å². The van der Waals surface area contributed by atoms with E-state index >= 15 is 0 Å². The third-order valence-corrected chi connectivity index (χ3v) is 9.98. The van der Waals surface area contributed by atoms with Gasteiger partial charge in [-0.2, -0.15) is 11.1 Å². The molecule has 0 heterocycles. The Hall–Kier alpha value is -0.152. The Morgan fingerprint density at radius 2 is 1.50 bits per heavy atom. The van der Waals surface area contributed by atoms with Gasteiger partial charge in [0, 0.05) is 0 Å². The monoisotopic (exact) mass is 477 g/mol. The van der Waals surface area contributed by atoms with Gasteiger partial charge in [0.05, 0.1) is 16.9 Å². The van der Waals surface area contributed by atoms with Crippen molar-refractivity contribution in [3.05, 3.63) is 68.8 Å². The summed E-state index contributed by atoms with van der Waals surface area (Å²) in [4.78, 5) is 0. The van der Waals surface area contributed by atoms with Gasteiger partial charge in [-0.1, -0.05) is 113 Å². The van der Waals surface area contributed by atoms with Gasteiger partial charge < -0.3 is 22.3 Å². The van der Waals surface area contributed by atoms with Crippen LogP contribution in [-0.2, 0) is 21.7 Å². The summed E-state index contributed by atoms with van der Waals surface area (Å²) in [6.07, 6.45) is 6.08. The molecule has 1 atom stereocenters. The Morgan fingerprint density at radius 3 is 1.83 bits per heavy atom. The summed E-state index contributed by atoms with van der Waals surface area (Å²) in [5, 5.41) is 3.29. The van der Waals surface area contributed by atoms with E-state index in [1.807, 2.05) is 0 Å². The van der Waals surface area contributed by atoms with Crippen LogP contribution in [0.4, 0.5) is 0 Å². The van der Waals surface area contributed by atoms with E-state index < -0.39 is 8.07 Å². The minimum atomic E-state index is -1.16. The molecule has 169 valence electrons. The summed E-state index contributed by atoms with van der Waals surface area (Å²) in [7, 11) is -1.47. The van der Waals surface area contributed by atoms with Gasteiger partial charge in [-0.3, -0.25) is 6.08 Å². The van der Waals surface area contributed by atoms with E-state index in [0.717, 1.165) is 0 Å². The van der Waals surface area contributed by atoms with Crippen LogP contribution in [0.25, 0.3) is 0 Å². The molecular weight excluding hydrogens is 428 g/mol. The zero-order valence-electron chi connectivity index (χ0n) is 22.4. The van der Waals surface area contributed by atoms with Crippen molar-refractivity contribution in [2.45, 2.75) is 86.6 Å². The van der Waals surface area contributed by atoms with Crippen molar-refractivity contribution in [3.63, 3.8) is 0 Å². The topological polar surface area (TPSA) is 0 Å². The smallest absolute Gasteiger partial charge is 0.358 e. The number of aryl methyl sites for hydroxylation is 1. The van der Waals surface area contributed by atoms with E-state index in [9.17, 15) is 0 Å². The van der Waals surface area contributed by atoms with E-state index in [4.69, 9.17) is 0 Å². The number of allylic oxidation sites excluding steroid dienone is 4. The molecule has 0 nitrogen and oxygen atoms in total. The Labute approximate surface area is 209 Å². The second-order valence-corrected chi connectivity index (χ2v) is 16.7. The van der Waals surface area contributed by atoms with Gasteiger partial charge in [-0.25, -0.2) is 5.57 Å². The van der Waals surface area contributed by atoms with Crippen LogP contribution < -0.4 is 10.4 Å². The molecule has 0 saturated carbocycles. The molecule has 0 aliphatic heterocycles. The van der Waals surface area contributed by atoms with Crippen molar-refractivity contribution in [1.29, 1.82) is 0 Å². The van der Waals surface area contributed by atoms with E-state index in [0.29, 0.717) is 5.92 Å². The molecular formula is C27H49Si2Ti. The van der Waals surface area contributed by atoms with Crippen LogP contribution in [0, 0.1) is 41.2 Å². The van der Waals surface area contributed by atoms with Gasteiger partial charge in [-0.05, 0) is 6.92 Å². The molecule has 1 radical (unpaired) electrons. The molecule has 1 unspecified atom stereocenters. The third kappa shape index (κ3) is 11.5. The van der Waals surface area contributed by atoms with Crippen molar-refractivity contribution in [2.75, 3.05) is 0 Å². The molecule has 0 saturated heterocycles. The Bertz CT molecular complexity index is 666. The number of rotatable bonds is 5. The predicted octanol–water partition coefficient (Wildman–Crippen LogP) is 7.74. The summed E-state index contributed by atoms with van der Waals surface area (Å²) in [5.74, 6) is 0.560. The van der Waals surface area contributed by atoms with Crippen LogP contribution in [0.5, 0.6) is 0 Å². The first-order valence-corrected chi connectivity index (χ1v) is 15.9. The number of hydrogen-bond donors (Lipinski definition) is 0. The summed E-state index contributed by atoms with van der Waals surface area (Å²) >= 11 is 0. The maximum Gasteiger partial charge on any atom is 4.00 e. The Morgan fingerprint density at radius 1 is 0.967 bits per heavy atom. The van der Waals surface area contributed by atoms with Crippen molar-refractivity contribution >= 4 is 27.2 Å². The quantitative estimate of drug-likeness (QED) is 0.300.